The van der Waals surface area contributed by atoms with E-state index >= 15 is 0 Å². The van der Waals surface area contributed by atoms with Crippen molar-refractivity contribution in [1.29, 1.82) is 0 Å². The highest BCUT2D eigenvalue weighted by Gasteiger charge is 2.66. The van der Waals surface area contributed by atoms with Gasteiger partial charge in [0.1, 0.15) is 12.2 Å². The third-order valence-corrected chi connectivity index (χ3v) is 10.9. The normalized spacial score (nSPS) is 23.1. The number of benzene rings is 4. The molecule has 0 radical (unpaired) electrons. The number of fused-ring (bicyclic) bond motifs is 1. The zero-order chi connectivity index (χ0) is 48.0. The molecule has 66 heavy (non-hydrogen) atoms. The molecule has 0 amide bonds. The fraction of sp³-hybridized carbons (Fsp3) is 0.364. The van der Waals surface area contributed by atoms with Crippen LogP contribution in [0.2, 0.25) is 0 Å². The van der Waals surface area contributed by atoms with Gasteiger partial charge in [0.2, 0.25) is 0 Å². The van der Waals surface area contributed by atoms with E-state index in [1.54, 1.807) is 0 Å². The number of esters is 4. The Morgan fingerprint density at radius 2 is 0.667 bits per heavy atom. The average Bonchev–Trinajstić information content (AvgIpc) is 3.62. The van der Waals surface area contributed by atoms with E-state index in [2.05, 4.69) is 0 Å². The number of hydrogen-bond donors (Lipinski definition) is 0. The van der Waals surface area contributed by atoms with Crippen molar-refractivity contribution >= 4 is 23.9 Å². The molecule has 10 nitrogen and oxygen atoms in total. The van der Waals surface area contributed by atoms with Crippen LogP contribution in [0.5, 0.6) is 0 Å². The minimum Gasteiger partial charge on any atom is -0.452 e. The van der Waals surface area contributed by atoms with Gasteiger partial charge in [0.05, 0.1) is 44.5 Å². The molecule has 7 rings (SSSR count). The molecule has 2 aliphatic carbocycles. The van der Waals surface area contributed by atoms with Crippen LogP contribution in [0.3, 0.4) is 0 Å². The number of rotatable bonds is 8. The van der Waals surface area contributed by atoms with Gasteiger partial charge in [-0.1, -0.05) is 30.7 Å². The Morgan fingerprint density at radius 1 is 0.409 bits per heavy atom. The molecule has 1 saturated heterocycles. The molecule has 0 N–H and O–H groups in total. The monoisotopic (exact) mass is 948 g/mol. The largest absolute Gasteiger partial charge is 0.452 e. The van der Waals surface area contributed by atoms with Crippen molar-refractivity contribution in [3.05, 3.63) is 142 Å². The van der Waals surface area contributed by atoms with Gasteiger partial charge < -0.3 is 28.4 Å². The van der Waals surface area contributed by atoms with Crippen LogP contribution >= 0.6 is 0 Å². The van der Waals surface area contributed by atoms with Crippen LogP contribution in [0, 0.1) is 0 Å². The summed E-state index contributed by atoms with van der Waals surface area (Å²) in [4.78, 5) is 55.7. The van der Waals surface area contributed by atoms with E-state index < -0.39 is 136 Å². The zero-order valence-corrected chi connectivity index (χ0v) is 33.4. The molecule has 352 valence electrons. The first-order valence-corrected chi connectivity index (χ1v) is 19.7. The lowest BCUT2D eigenvalue weighted by atomic mass is 9.84. The van der Waals surface area contributed by atoms with Crippen molar-refractivity contribution in [2.45, 2.75) is 99.2 Å². The van der Waals surface area contributed by atoms with Crippen LogP contribution in [-0.2, 0) is 53.1 Å². The third-order valence-electron chi connectivity index (χ3n) is 10.9. The fourth-order valence-corrected chi connectivity index (χ4v) is 7.83. The van der Waals surface area contributed by atoms with E-state index in [1.165, 1.54) is 0 Å². The highest BCUT2D eigenvalue weighted by atomic mass is 19.4. The van der Waals surface area contributed by atoms with Gasteiger partial charge in [-0.25, -0.2) is 19.2 Å². The summed E-state index contributed by atoms with van der Waals surface area (Å²) in [5.41, 5.74) is -8.65. The van der Waals surface area contributed by atoms with Gasteiger partial charge >= 0.3 is 48.6 Å². The minimum atomic E-state index is -5.04. The summed E-state index contributed by atoms with van der Waals surface area (Å²) in [6, 6.07) is 10.5. The molecule has 1 spiro atoms. The first-order valence-electron chi connectivity index (χ1n) is 19.7. The second kappa shape index (κ2) is 17.9. The summed E-state index contributed by atoms with van der Waals surface area (Å²) >= 11 is 0. The fourth-order valence-electron chi connectivity index (χ4n) is 7.83. The van der Waals surface area contributed by atoms with E-state index in [9.17, 15) is 71.9 Å². The standard InChI is InChI=1S/C44H32F12O10/c45-41(46,47)26-12-4-8-22(18-26)36(57)61-30-31(62-37(58)23-9-5-13-27(19-23)42(48,49)50)33(64-39(60)25-11-7-15-29(21-25)44(54,55)56)35-34(65-40(66-35)16-2-1-3-17-40)32(30)63-38(59)24-10-6-14-28(20-24)43(51,52)53/h4-15,18-21,30-35H,1-3,16-17H2/t30-,31+,32+,33-,34-,35+. The van der Waals surface area contributed by atoms with Crippen molar-refractivity contribution in [1.82, 2.24) is 0 Å². The molecule has 22 heteroatoms. The maximum Gasteiger partial charge on any atom is 0.416 e. The van der Waals surface area contributed by atoms with E-state index in [4.69, 9.17) is 28.4 Å². The molecule has 6 atom stereocenters. The van der Waals surface area contributed by atoms with Crippen molar-refractivity contribution in [3.63, 3.8) is 0 Å². The van der Waals surface area contributed by atoms with Gasteiger partial charge in [-0.05, 0) is 85.6 Å². The van der Waals surface area contributed by atoms with Crippen molar-refractivity contribution in [2.24, 2.45) is 0 Å². The minimum absolute atomic E-state index is 0.0615. The van der Waals surface area contributed by atoms with Crippen molar-refractivity contribution < 1.29 is 100 Å². The van der Waals surface area contributed by atoms with Crippen LogP contribution < -0.4 is 0 Å². The van der Waals surface area contributed by atoms with E-state index in [0.717, 1.165) is 48.5 Å². The lowest BCUT2D eigenvalue weighted by Gasteiger charge is -2.44. The summed E-state index contributed by atoms with van der Waals surface area (Å²) in [7, 11) is 0. The molecule has 0 aromatic heterocycles. The van der Waals surface area contributed by atoms with E-state index in [1.807, 2.05) is 0 Å². The molecule has 0 unspecified atom stereocenters. The zero-order valence-electron chi connectivity index (χ0n) is 33.4. The molecule has 3 fully saturated rings. The van der Waals surface area contributed by atoms with Crippen molar-refractivity contribution in [3.8, 4) is 0 Å². The van der Waals surface area contributed by atoms with Gasteiger partial charge in [0.25, 0.3) is 0 Å². The first-order chi connectivity index (χ1) is 30.8. The molecule has 2 saturated carbocycles. The van der Waals surface area contributed by atoms with E-state index in [-0.39, 0.29) is 12.8 Å². The highest BCUT2D eigenvalue weighted by Crippen LogP contribution is 2.48. The molecule has 0 bridgehead atoms. The molecular formula is C44H32F12O10. The molecule has 1 heterocycles. The molecular weight excluding hydrogens is 916 g/mol. The van der Waals surface area contributed by atoms with Crippen LogP contribution in [0.4, 0.5) is 52.7 Å². The summed E-state index contributed by atoms with van der Waals surface area (Å²) in [6.07, 6.45) is -31.6. The second-order valence-electron chi connectivity index (χ2n) is 15.4. The molecule has 3 aliphatic rings. The van der Waals surface area contributed by atoms with Gasteiger partial charge in [-0.3, -0.25) is 0 Å². The predicted octanol–water partition coefficient (Wildman–Crippen LogP) is 10.4. The third kappa shape index (κ3) is 10.4. The number of carbonyl (C=O) groups is 4. The maximum atomic E-state index is 14.0. The van der Waals surface area contributed by atoms with Crippen LogP contribution in [0.15, 0.2) is 97.1 Å². The van der Waals surface area contributed by atoms with Gasteiger partial charge in [0, 0.05) is 12.8 Å². The van der Waals surface area contributed by atoms with Gasteiger partial charge in [-0.2, -0.15) is 52.7 Å². The molecule has 4 aromatic rings. The smallest absolute Gasteiger partial charge is 0.416 e. The first kappa shape index (κ1) is 47.8. The topological polar surface area (TPSA) is 124 Å². The summed E-state index contributed by atoms with van der Waals surface area (Å²) < 4.78 is 201. The summed E-state index contributed by atoms with van der Waals surface area (Å²) in [5.74, 6) is -8.20. The lowest BCUT2D eigenvalue weighted by molar-refractivity contribution is -0.203. The van der Waals surface area contributed by atoms with Crippen molar-refractivity contribution in [2.75, 3.05) is 0 Å². The Hall–Kier alpha value is -6.16. The number of carbonyl (C=O) groups excluding carboxylic acids is 4. The highest BCUT2D eigenvalue weighted by molar-refractivity contribution is 5.92. The second-order valence-corrected chi connectivity index (χ2v) is 15.4. The lowest BCUT2D eigenvalue weighted by Crippen LogP contribution is -2.66. The molecule has 1 aliphatic heterocycles. The van der Waals surface area contributed by atoms with E-state index in [0.29, 0.717) is 67.8 Å². The Labute approximate surface area is 364 Å². The Balaban J connectivity index is 1.39. The quantitative estimate of drug-likeness (QED) is 0.0958. The van der Waals surface area contributed by atoms with Crippen LogP contribution in [0.25, 0.3) is 0 Å². The summed E-state index contributed by atoms with van der Waals surface area (Å²) in [5, 5.41) is 0. The van der Waals surface area contributed by atoms with Gasteiger partial charge in [-0.15, -0.1) is 0 Å². The number of ether oxygens (including phenoxy) is 6. The van der Waals surface area contributed by atoms with Crippen LogP contribution in [0.1, 0.15) is 95.8 Å². The Kier molecular flexibility index (Phi) is 13.0. The Morgan fingerprint density at radius 3 is 0.924 bits per heavy atom. The SMILES string of the molecule is O=C(O[C@@H]1[C@H](OC(=O)c2cccc(C(F)(F)F)c2)[C@@H](OC(=O)c2cccc(C(F)(F)F)c2)[C@@H]2OC3(CCCCC3)O[C@@H]2[C@H]1OC(=O)c1cccc(C(F)(F)F)c1)c1cccc(C(F)(F)F)c1. The predicted molar refractivity (Wildman–Crippen MR) is 198 cm³/mol. The Bertz CT molecular complexity index is 2310. The van der Waals surface area contributed by atoms with Gasteiger partial charge in [0.15, 0.2) is 30.2 Å². The summed E-state index contributed by atoms with van der Waals surface area (Å²) in [6.45, 7) is 0. The molecule has 4 aromatic carbocycles. The van der Waals surface area contributed by atoms with Crippen LogP contribution in [-0.4, -0.2) is 66.3 Å². The number of halogens is 12. The average molecular weight is 949 g/mol. The number of hydrogen-bond acceptors (Lipinski definition) is 10. The maximum absolute atomic E-state index is 14.0. The number of alkyl halides is 12.